The Kier molecular flexibility index (Phi) is 4.89. The molecule has 10 heteroatoms. The monoisotopic (exact) mass is 474 g/mol. The number of rotatable bonds is 4. The molecule has 0 bridgehead atoms. The molecule has 2 aliphatic rings. The van der Waals surface area contributed by atoms with Crippen LogP contribution in [0.15, 0.2) is 64.8 Å². The number of hydrogen-bond acceptors (Lipinski definition) is 8. The van der Waals surface area contributed by atoms with Crippen LogP contribution in [0.25, 0.3) is 17.2 Å². The molecule has 0 spiro atoms. The van der Waals surface area contributed by atoms with E-state index in [1.165, 1.54) is 0 Å². The van der Waals surface area contributed by atoms with Gasteiger partial charge >= 0.3 is 0 Å². The van der Waals surface area contributed by atoms with Crippen molar-refractivity contribution in [2.75, 3.05) is 12.1 Å². The SMILES string of the molecule is CC(C)c1nc(-c2ncn3c2CC2=C(Cc4ccccn4)NN(C)N2c2cc(Cl)ccc2-3)no1. The van der Waals surface area contributed by atoms with Crippen LogP contribution in [-0.4, -0.2) is 36.8 Å². The fourth-order valence-electron chi connectivity index (χ4n) is 4.46. The maximum atomic E-state index is 6.45. The Morgan fingerprint density at radius 1 is 1.15 bits per heavy atom. The summed E-state index contributed by atoms with van der Waals surface area (Å²) in [6.45, 7) is 4.05. The summed E-state index contributed by atoms with van der Waals surface area (Å²) in [6.07, 6.45) is 4.90. The van der Waals surface area contributed by atoms with Crippen LogP contribution in [0.2, 0.25) is 5.02 Å². The van der Waals surface area contributed by atoms with E-state index >= 15 is 0 Å². The number of pyridine rings is 1. The fraction of sp³-hybridized carbons (Fsp3) is 0.250. The number of nitrogens with zero attached hydrogens (tertiary/aromatic N) is 7. The van der Waals surface area contributed by atoms with Gasteiger partial charge in [-0.15, -0.1) is 5.12 Å². The number of benzene rings is 1. The minimum Gasteiger partial charge on any atom is -0.339 e. The van der Waals surface area contributed by atoms with Gasteiger partial charge in [-0.1, -0.05) is 36.7 Å². The van der Waals surface area contributed by atoms with Crippen molar-refractivity contribution in [3.8, 4) is 17.2 Å². The molecule has 1 N–H and O–H groups in total. The first-order chi connectivity index (χ1) is 16.5. The van der Waals surface area contributed by atoms with Crippen molar-refractivity contribution >= 4 is 17.3 Å². The number of imidazole rings is 1. The summed E-state index contributed by atoms with van der Waals surface area (Å²) in [5, 5.41) is 9.03. The maximum absolute atomic E-state index is 6.45. The van der Waals surface area contributed by atoms with E-state index in [0.29, 0.717) is 35.3 Å². The molecule has 34 heavy (non-hydrogen) atoms. The molecule has 0 saturated carbocycles. The minimum atomic E-state index is 0.140. The van der Waals surface area contributed by atoms with Gasteiger partial charge in [0.15, 0.2) is 0 Å². The number of fused-ring (bicyclic) bond motifs is 5. The molecule has 0 aliphatic carbocycles. The van der Waals surface area contributed by atoms with Crippen LogP contribution in [0.3, 0.4) is 0 Å². The summed E-state index contributed by atoms with van der Waals surface area (Å²) in [5.41, 5.74) is 10.2. The predicted molar refractivity (Wildman–Crippen MR) is 128 cm³/mol. The van der Waals surface area contributed by atoms with Crippen LogP contribution in [0.5, 0.6) is 0 Å². The summed E-state index contributed by atoms with van der Waals surface area (Å²) in [6, 6.07) is 11.8. The van der Waals surface area contributed by atoms with Crippen molar-refractivity contribution in [2.24, 2.45) is 0 Å². The van der Waals surface area contributed by atoms with Gasteiger partial charge in [0.1, 0.15) is 12.0 Å². The molecule has 0 amide bonds. The zero-order valence-corrected chi connectivity index (χ0v) is 19.8. The number of nitrogens with one attached hydrogen (secondary N) is 1. The Hall–Kier alpha value is -3.69. The van der Waals surface area contributed by atoms with Gasteiger partial charge in [-0.2, -0.15) is 4.98 Å². The average Bonchev–Trinajstić information content (AvgIpc) is 3.51. The van der Waals surface area contributed by atoms with Gasteiger partial charge in [-0.25, -0.2) is 4.98 Å². The molecule has 2 aliphatic heterocycles. The summed E-state index contributed by atoms with van der Waals surface area (Å²) < 4.78 is 7.57. The van der Waals surface area contributed by atoms with Crippen molar-refractivity contribution in [1.29, 1.82) is 0 Å². The smallest absolute Gasteiger partial charge is 0.229 e. The van der Waals surface area contributed by atoms with Gasteiger partial charge in [0, 0.05) is 42.7 Å². The molecular weight excluding hydrogens is 452 g/mol. The highest BCUT2D eigenvalue weighted by Gasteiger charge is 2.36. The fourth-order valence-corrected chi connectivity index (χ4v) is 4.63. The molecule has 3 aromatic heterocycles. The molecule has 9 nitrogen and oxygen atoms in total. The van der Waals surface area contributed by atoms with Crippen molar-refractivity contribution in [2.45, 2.75) is 32.6 Å². The van der Waals surface area contributed by atoms with Crippen LogP contribution >= 0.6 is 11.6 Å². The Morgan fingerprint density at radius 2 is 2.03 bits per heavy atom. The Labute approximate surface area is 201 Å². The number of hydrogen-bond donors (Lipinski definition) is 1. The minimum absolute atomic E-state index is 0.140. The molecule has 0 atom stereocenters. The first kappa shape index (κ1) is 20.9. The van der Waals surface area contributed by atoms with E-state index in [-0.39, 0.29) is 5.92 Å². The van der Waals surface area contributed by atoms with E-state index in [0.717, 1.165) is 34.2 Å². The highest BCUT2D eigenvalue weighted by Crippen LogP contribution is 2.41. The third-order valence-corrected chi connectivity index (χ3v) is 6.29. The summed E-state index contributed by atoms with van der Waals surface area (Å²) >= 11 is 6.45. The maximum Gasteiger partial charge on any atom is 0.229 e. The van der Waals surface area contributed by atoms with Crippen molar-refractivity contribution in [1.82, 2.24) is 35.2 Å². The molecule has 6 rings (SSSR count). The van der Waals surface area contributed by atoms with E-state index in [4.69, 9.17) is 21.1 Å². The predicted octanol–water partition coefficient (Wildman–Crippen LogP) is 4.28. The van der Waals surface area contributed by atoms with E-state index in [1.807, 2.05) is 74.9 Å². The van der Waals surface area contributed by atoms with E-state index in [2.05, 4.69) is 30.1 Å². The third kappa shape index (κ3) is 3.36. The largest absolute Gasteiger partial charge is 0.339 e. The van der Waals surface area contributed by atoms with Crippen LogP contribution in [0.1, 0.15) is 37.0 Å². The second-order valence-electron chi connectivity index (χ2n) is 8.70. The van der Waals surface area contributed by atoms with Crippen molar-refractivity contribution < 1.29 is 4.52 Å². The van der Waals surface area contributed by atoms with E-state index in [9.17, 15) is 0 Å². The standard InChI is InChI=1S/C24H23ClN8O/c1-14(2)24-28-23(30-34-24)22-21-12-19-17(11-16-6-4-5-9-26-16)29-31(3)33(19)20-10-15(25)7-8-18(20)32(21)13-27-22/h4-10,13-14,29H,11-12H2,1-3H3. The van der Waals surface area contributed by atoms with E-state index < -0.39 is 0 Å². The van der Waals surface area contributed by atoms with Gasteiger partial charge in [-0.3, -0.25) is 14.6 Å². The topological polar surface area (TPSA) is 88.1 Å². The zero-order chi connectivity index (χ0) is 23.4. The first-order valence-corrected chi connectivity index (χ1v) is 11.5. The highest BCUT2D eigenvalue weighted by atomic mass is 35.5. The second kappa shape index (κ2) is 7.96. The highest BCUT2D eigenvalue weighted by molar-refractivity contribution is 6.31. The molecule has 0 unspecified atom stereocenters. The van der Waals surface area contributed by atoms with Gasteiger partial charge < -0.3 is 9.95 Å². The normalized spacial score (nSPS) is 15.3. The van der Waals surface area contributed by atoms with Crippen LogP contribution in [-0.2, 0) is 12.8 Å². The number of allylic oxidation sites excluding steroid dienone is 2. The van der Waals surface area contributed by atoms with Crippen LogP contribution < -0.4 is 10.4 Å². The lowest BCUT2D eigenvalue weighted by molar-refractivity contribution is 0.288. The molecule has 1 aromatic carbocycles. The molecule has 172 valence electrons. The van der Waals surface area contributed by atoms with E-state index in [1.54, 1.807) is 0 Å². The number of aromatic nitrogens is 5. The molecule has 0 fully saturated rings. The number of hydrazine groups is 2. The number of halogens is 1. The zero-order valence-electron chi connectivity index (χ0n) is 19.0. The van der Waals surface area contributed by atoms with Gasteiger partial charge in [0.2, 0.25) is 11.7 Å². The average molecular weight is 475 g/mol. The van der Waals surface area contributed by atoms with Gasteiger partial charge in [0.05, 0.1) is 28.5 Å². The summed E-state index contributed by atoms with van der Waals surface area (Å²) in [4.78, 5) is 13.8. The Balaban J connectivity index is 1.54. The Morgan fingerprint density at radius 3 is 2.79 bits per heavy atom. The lowest BCUT2D eigenvalue weighted by atomic mass is 10.1. The Bertz CT molecular complexity index is 1410. The first-order valence-electron chi connectivity index (χ1n) is 11.1. The molecule has 0 radical (unpaired) electrons. The van der Waals surface area contributed by atoms with Crippen LogP contribution in [0, 0.1) is 0 Å². The lowest BCUT2D eigenvalue weighted by Crippen LogP contribution is -2.40. The van der Waals surface area contributed by atoms with Gasteiger partial charge in [0.25, 0.3) is 0 Å². The second-order valence-corrected chi connectivity index (χ2v) is 9.14. The molecule has 0 saturated heterocycles. The summed E-state index contributed by atoms with van der Waals surface area (Å²) in [7, 11) is 1.99. The summed E-state index contributed by atoms with van der Waals surface area (Å²) in [5.74, 6) is 1.23. The van der Waals surface area contributed by atoms with Crippen LogP contribution in [0.4, 0.5) is 5.69 Å². The van der Waals surface area contributed by atoms with Gasteiger partial charge in [-0.05, 0) is 30.3 Å². The molecular formula is C24H23ClN8O. The third-order valence-electron chi connectivity index (χ3n) is 6.06. The molecule has 5 heterocycles. The number of anilines is 1. The molecule has 4 aromatic rings. The van der Waals surface area contributed by atoms with Crippen molar-refractivity contribution in [3.63, 3.8) is 0 Å². The lowest BCUT2D eigenvalue weighted by Gasteiger charge is -2.28. The quantitative estimate of drug-likeness (QED) is 0.469. The van der Waals surface area contributed by atoms with Crippen molar-refractivity contribution in [3.05, 3.63) is 82.6 Å².